The number of aryl methyl sites for hydroxylation is 1. The number of methoxy groups -OCH3 is 1. The number of hydrogen-bond acceptors (Lipinski definition) is 5. The fourth-order valence-electron chi connectivity index (χ4n) is 3.47. The van der Waals surface area contributed by atoms with Gasteiger partial charge in [0.2, 0.25) is 0 Å². The molecular weight excluding hydrogens is 418 g/mol. The highest BCUT2D eigenvalue weighted by Crippen LogP contribution is 2.28. The first-order valence-corrected chi connectivity index (χ1v) is 10.8. The standard InChI is InChI=1S/C27H27NO5/c1-4-5-9-19-12-15-25(33-18(2)29)23(16-19)26(30)28-24-17-21(20-10-7-6-8-11-20)13-14-22(24)27(31)32-3/h6-8,10-17H,4-5,9H2,1-3H3,(H,28,30). The normalized spacial score (nSPS) is 10.4. The number of carbonyl (C=O) groups is 3. The van der Waals surface area contributed by atoms with Gasteiger partial charge in [0, 0.05) is 6.92 Å². The van der Waals surface area contributed by atoms with Crippen molar-refractivity contribution in [3.8, 4) is 16.9 Å². The van der Waals surface area contributed by atoms with Crippen molar-refractivity contribution in [1.29, 1.82) is 0 Å². The van der Waals surface area contributed by atoms with E-state index in [2.05, 4.69) is 12.2 Å². The quantitative estimate of drug-likeness (QED) is 0.357. The molecule has 6 heteroatoms. The van der Waals surface area contributed by atoms with E-state index in [1.807, 2.05) is 36.4 Å². The lowest BCUT2D eigenvalue weighted by atomic mass is 10.0. The number of amides is 1. The SMILES string of the molecule is CCCCc1ccc(OC(C)=O)c(C(=O)Nc2cc(-c3ccccc3)ccc2C(=O)OC)c1. The third kappa shape index (κ3) is 6.07. The average Bonchev–Trinajstić information content (AvgIpc) is 2.83. The van der Waals surface area contributed by atoms with Crippen molar-refractivity contribution in [3.63, 3.8) is 0 Å². The maximum Gasteiger partial charge on any atom is 0.339 e. The molecule has 0 aliphatic rings. The van der Waals surface area contributed by atoms with E-state index < -0.39 is 17.8 Å². The van der Waals surface area contributed by atoms with Crippen LogP contribution < -0.4 is 10.1 Å². The summed E-state index contributed by atoms with van der Waals surface area (Å²) in [5.41, 5.74) is 3.48. The molecule has 0 fully saturated rings. The molecule has 0 heterocycles. The van der Waals surface area contributed by atoms with Crippen LogP contribution in [0.2, 0.25) is 0 Å². The van der Waals surface area contributed by atoms with Gasteiger partial charge in [0.15, 0.2) is 0 Å². The molecule has 33 heavy (non-hydrogen) atoms. The highest BCUT2D eigenvalue weighted by molar-refractivity contribution is 6.10. The van der Waals surface area contributed by atoms with E-state index in [4.69, 9.17) is 9.47 Å². The van der Waals surface area contributed by atoms with Gasteiger partial charge in [-0.3, -0.25) is 9.59 Å². The van der Waals surface area contributed by atoms with Gasteiger partial charge in [-0.25, -0.2) is 4.79 Å². The second kappa shape index (κ2) is 11.1. The molecule has 3 rings (SSSR count). The zero-order valence-electron chi connectivity index (χ0n) is 19.0. The topological polar surface area (TPSA) is 81.7 Å². The minimum absolute atomic E-state index is 0.166. The number of benzene rings is 3. The van der Waals surface area contributed by atoms with Gasteiger partial charge in [0.05, 0.1) is 23.9 Å². The average molecular weight is 446 g/mol. The lowest BCUT2D eigenvalue weighted by Gasteiger charge is -2.15. The van der Waals surface area contributed by atoms with E-state index in [0.717, 1.165) is 36.0 Å². The Kier molecular flexibility index (Phi) is 7.97. The summed E-state index contributed by atoms with van der Waals surface area (Å²) in [4.78, 5) is 37.2. The predicted molar refractivity (Wildman–Crippen MR) is 128 cm³/mol. The number of nitrogens with one attached hydrogen (secondary N) is 1. The summed E-state index contributed by atoms with van der Waals surface area (Å²) in [7, 11) is 1.29. The number of anilines is 1. The number of ether oxygens (including phenoxy) is 2. The molecule has 0 aliphatic heterocycles. The third-order valence-electron chi connectivity index (χ3n) is 5.14. The molecule has 6 nitrogen and oxygen atoms in total. The van der Waals surface area contributed by atoms with Crippen LogP contribution in [0.15, 0.2) is 66.7 Å². The summed E-state index contributed by atoms with van der Waals surface area (Å²) < 4.78 is 10.2. The van der Waals surface area contributed by atoms with Gasteiger partial charge in [0.1, 0.15) is 5.75 Å². The smallest absolute Gasteiger partial charge is 0.339 e. The summed E-state index contributed by atoms with van der Waals surface area (Å²) in [6.07, 6.45) is 2.79. The Hall–Kier alpha value is -3.93. The van der Waals surface area contributed by atoms with Crippen molar-refractivity contribution < 1.29 is 23.9 Å². The minimum atomic E-state index is -0.568. The Morgan fingerprint density at radius 3 is 2.30 bits per heavy atom. The van der Waals surface area contributed by atoms with Crippen LogP contribution in [-0.4, -0.2) is 25.0 Å². The molecule has 0 unspecified atom stereocenters. The first kappa shape index (κ1) is 23.7. The summed E-state index contributed by atoms with van der Waals surface area (Å²) in [6, 6.07) is 20.0. The predicted octanol–water partition coefficient (Wildman–Crippen LogP) is 5.66. The van der Waals surface area contributed by atoms with Gasteiger partial charge >= 0.3 is 11.9 Å². The van der Waals surface area contributed by atoms with Crippen LogP contribution in [0.4, 0.5) is 5.69 Å². The van der Waals surface area contributed by atoms with E-state index in [9.17, 15) is 14.4 Å². The van der Waals surface area contributed by atoms with E-state index in [-0.39, 0.29) is 16.9 Å². The van der Waals surface area contributed by atoms with Gasteiger partial charge in [-0.2, -0.15) is 0 Å². The molecule has 0 saturated heterocycles. The first-order valence-electron chi connectivity index (χ1n) is 10.8. The van der Waals surface area contributed by atoms with Gasteiger partial charge < -0.3 is 14.8 Å². The largest absolute Gasteiger partial charge is 0.465 e. The Morgan fingerprint density at radius 1 is 0.879 bits per heavy atom. The van der Waals surface area contributed by atoms with Crippen molar-refractivity contribution in [2.45, 2.75) is 33.1 Å². The Labute approximate surface area is 193 Å². The number of carbonyl (C=O) groups excluding carboxylic acids is 3. The van der Waals surface area contributed by atoms with Crippen LogP contribution in [0, 0.1) is 0 Å². The molecule has 0 saturated carbocycles. The second-order valence-electron chi connectivity index (χ2n) is 7.60. The van der Waals surface area contributed by atoms with Crippen molar-refractivity contribution in [2.75, 3.05) is 12.4 Å². The third-order valence-corrected chi connectivity index (χ3v) is 5.14. The molecular formula is C27H27NO5. The van der Waals surface area contributed by atoms with Crippen molar-refractivity contribution in [1.82, 2.24) is 0 Å². The first-order chi connectivity index (χ1) is 15.9. The fourth-order valence-corrected chi connectivity index (χ4v) is 3.47. The van der Waals surface area contributed by atoms with Gasteiger partial charge in [0.25, 0.3) is 5.91 Å². The van der Waals surface area contributed by atoms with Gasteiger partial charge in [-0.05, 0) is 53.8 Å². The number of esters is 2. The van der Waals surface area contributed by atoms with Crippen molar-refractivity contribution in [2.24, 2.45) is 0 Å². The van der Waals surface area contributed by atoms with E-state index in [1.165, 1.54) is 14.0 Å². The van der Waals surface area contributed by atoms with Crippen LogP contribution in [0.3, 0.4) is 0 Å². The molecule has 0 aromatic heterocycles. The Balaban J connectivity index is 2.01. The maximum atomic E-state index is 13.3. The highest BCUT2D eigenvalue weighted by atomic mass is 16.5. The van der Waals surface area contributed by atoms with Crippen molar-refractivity contribution >= 4 is 23.5 Å². The molecule has 3 aromatic rings. The molecule has 1 N–H and O–H groups in total. The van der Waals surface area contributed by atoms with Crippen LogP contribution in [0.25, 0.3) is 11.1 Å². The van der Waals surface area contributed by atoms with Crippen LogP contribution in [0.5, 0.6) is 5.75 Å². The molecule has 0 bridgehead atoms. The maximum absolute atomic E-state index is 13.3. The lowest BCUT2D eigenvalue weighted by Crippen LogP contribution is -2.18. The lowest BCUT2D eigenvalue weighted by molar-refractivity contribution is -0.131. The van der Waals surface area contributed by atoms with Crippen LogP contribution in [0.1, 0.15) is 53.0 Å². The number of unbranched alkanes of at least 4 members (excludes halogenated alkanes) is 1. The molecule has 0 aliphatic carbocycles. The Bertz CT molecular complexity index is 1150. The fraction of sp³-hybridized carbons (Fsp3) is 0.222. The van der Waals surface area contributed by atoms with E-state index >= 15 is 0 Å². The summed E-state index contributed by atoms with van der Waals surface area (Å²) in [5, 5.41) is 2.82. The van der Waals surface area contributed by atoms with Crippen molar-refractivity contribution in [3.05, 3.63) is 83.4 Å². The molecule has 3 aromatic carbocycles. The highest BCUT2D eigenvalue weighted by Gasteiger charge is 2.20. The summed E-state index contributed by atoms with van der Waals surface area (Å²) in [6.45, 7) is 3.38. The second-order valence-corrected chi connectivity index (χ2v) is 7.60. The van der Waals surface area contributed by atoms with Crippen LogP contribution >= 0.6 is 0 Å². The van der Waals surface area contributed by atoms with Gasteiger partial charge in [-0.15, -0.1) is 0 Å². The van der Waals surface area contributed by atoms with Crippen LogP contribution in [-0.2, 0) is 16.0 Å². The molecule has 170 valence electrons. The zero-order chi connectivity index (χ0) is 23.8. The van der Waals surface area contributed by atoms with E-state index in [1.54, 1.807) is 30.3 Å². The molecule has 0 spiro atoms. The van der Waals surface area contributed by atoms with Gasteiger partial charge in [-0.1, -0.05) is 55.8 Å². The summed E-state index contributed by atoms with van der Waals surface area (Å²) >= 11 is 0. The summed E-state index contributed by atoms with van der Waals surface area (Å²) in [5.74, 6) is -1.41. The number of hydrogen-bond donors (Lipinski definition) is 1. The molecule has 0 atom stereocenters. The number of rotatable bonds is 8. The minimum Gasteiger partial charge on any atom is -0.465 e. The zero-order valence-corrected chi connectivity index (χ0v) is 19.0. The van der Waals surface area contributed by atoms with E-state index in [0.29, 0.717) is 5.69 Å². The Morgan fingerprint density at radius 2 is 1.64 bits per heavy atom. The molecule has 0 radical (unpaired) electrons. The monoisotopic (exact) mass is 445 g/mol. The molecule has 1 amide bonds.